The Morgan fingerprint density at radius 1 is 1.10 bits per heavy atom. The van der Waals surface area contributed by atoms with Crippen LogP contribution >= 0.6 is 27.5 Å². The number of rotatable bonds is 2. The van der Waals surface area contributed by atoms with E-state index >= 15 is 0 Å². The van der Waals surface area contributed by atoms with Gasteiger partial charge in [0.05, 0.1) is 0 Å². The van der Waals surface area contributed by atoms with E-state index in [-0.39, 0.29) is 5.75 Å². The summed E-state index contributed by atoms with van der Waals surface area (Å²) in [5.41, 5.74) is 2.02. The highest BCUT2D eigenvalue weighted by molar-refractivity contribution is 9.10. The maximum absolute atomic E-state index is 9.88. The van der Waals surface area contributed by atoms with Crippen LogP contribution in [0.2, 0.25) is 5.02 Å². The number of halogens is 2. The van der Waals surface area contributed by atoms with Crippen molar-refractivity contribution in [3.63, 3.8) is 0 Å². The average molecular weight is 351 g/mol. The Labute approximate surface area is 129 Å². The van der Waals surface area contributed by atoms with Crippen molar-refractivity contribution in [2.24, 2.45) is 0 Å². The van der Waals surface area contributed by atoms with E-state index in [9.17, 15) is 5.11 Å². The second kappa shape index (κ2) is 5.31. The molecule has 20 heavy (non-hydrogen) atoms. The fourth-order valence-corrected chi connectivity index (χ4v) is 2.32. The molecule has 3 rings (SSSR count). The van der Waals surface area contributed by atoms with Gasteiger partial charge >= 0.3 is 0 Å². The van der Waals surface area contributed by atoms with Crippen LogP contribution < -0.4 is 0 Å². The van der Waals surface area contributed by atoms with Crippen LogP contribution in [0.3, 0.4) is 0 Å². The summed E-state index contributed by atoms with van der Waals surface area (Å²) in [6.45, 7) is 0. The molecule has 0 saturated carbocycles. The van der Waals surface area contributed by atoms with Gasteiger partial charge in [-0.1, -0.05) is 27.5 Å². The number of aromatic nitrogens is 1. The van der Waals surface area contributed by atoms with E-state index in [2.05, 4.69) is 20.9 Å². The van der Waals surface area contributed by atoms with E-state index in [0.29, 0.717) is 22.2 Å². The zero-order valence-electron chi connectivity index (χ0n) is 10.2. The standard InChI is InChI=1S/C15H9BrClNO2/c16-10-3-6-14(19)12(7-10)13-8-20-15(18-13)9-1-4-11(17)5-2-9/h1-8,19H. The van der Waals surface area contributed by atoms with Crippen molar-refractivity contribution in [2.45, 2.75) is 0 Å². The van der Waals surface area contributed by atoms with Crippen molar-refractivity contribution in [3.8, 4) is 28.5 Å². The van der Waals surface area contributed by atoms with Crippen LogP contribution in [-0.2, 0) is 0 Å². The van der Waals surface area contributed by atoms with Gasteiger partial charge < -0.3 is 9.52 Å². The highest BCUT2D eigenvalue weighted by Gasteiger charge is 2.12. The maximum atomic E-state index is 9.88. The largest absolute Gasteiger partial charge is 0.507 e. The zero-order valence-corrected chi connectivity index (χ0v) is 12.5. The Morgan fingerprint density at radius 2 is 1.85 bits per heavy atom. The van der Waals surface area contributed by atoms with Crippen molar-refractivity contribution in [2.75, 3.05) is 0 Å². The number of phenols is 1. The lowest BCUT2D eigenvalue weighted by molar-refractivity contribution is 0.477. The first-order valence-corrected chi connectivity index (χ1v) is 7.01. The van der Waals surface area contributed by atoms with Crippen molar-refractivity contribution in [3.05, 3.63) is 58.2 Å². The molecule has 1 N–H and O–H groups in total. The Hall–Kier alpha value is -1.78. The number of hydrogen-bond acceptors (Lipinski definition) is 3. The minimum absolute atomic E-state index is 0.157. The number of phenolic OH excluding ortho intramolecular Hbond substituents is 1. The third kappa shape index (κ3) is 2.57. The third-order valence-electron chi connectivity index (χ3n) is 2.83. The van der Waals surface area contributed by atoms with Crippen LogP contribution in [-0.4, -0.2) is 10.1 Å². The van der Waals surface area contributed by atoms with Crippen LogP contribution in [0.15, 0.2) is 57.6 Å². The molecular formula is C15H9BrClNO2. The van der Waals surface area contributed by atoms with Gasteiger partial charge in [-0.05, 0) is 42.5 Å². The lowest BCUT2D eigenvalue weighted by atomic mass is 10.1. The van der Waals surface area contributed by atoms with Crippen LogP contribution in [0.4, 0.5) is 0 Å². The minimum atomic E-state index is 0.157. The molecule has 0 unspecified atom stereocenters. The molecule has 0 saturated heterocycles. The fraction of sp³-hybridized carbons (Fsp3) is 0. The van der Waals surface area contributed by atoms with Gasteiger partial charge in [-0.2, -0.15) is 0 Å². The molecule has 5 heteroatoms. The number of oxazole rings is 1. The predicted octanol–water partition coefficient (Wildman–Crippen LogP) is 5.13. The first-order valence-electron chi connectivity index (χ1n) is 5.84. The molecule has 1 heterocycles. The first kappa shape index (κ1) is 13.2. The van der Waals surface area contributed by atoms with Gasteiger partial charge in [-0.25, -0.2) is 4.98 Å². The number of hydrogen-bond donors (Lipinski definition) is 1. The fourth-order valence-electron chi connectivity index (χ4n) is 1.84. The lowest BCUT2D eigenvalue weighted by Gasteiger charge is -2.00. The topological polar surface area (TPSA) is 46.3 Å². The van der Waals surface area contributed by atoms with Crippen molar-refractivity contribution < 1.29 is 9.52 Å². The molecule has 3 aromatic rings. The molecule has 0 spiro atoms. The van der Waals surface area contributed by atoms with Crippen LogP contribution in [0.25, 0.3) is 22.7 Å². The van der Waals surface area contributed by atoms with Crippen molar-refractivity contribution in [1.29, 1.82) is 0 Å². The smallest absolute Gasteiger partial charge is 0.226 e. The van der Waals surface area contributed by atoms with E-state index in [0.717, 1.165) is 10.0 Å². The zero-order chi connectivity index (χ0) is 14.1. The van der Waals surface area contributed by atoms with E-state index < -0.39 is 0 Å². The number of nitrogens with zero attached hydrogens (tertiary/aromatic N) is 1. The summed E-state index contributed by atoms with van der Waals surface area (Å²) in [6, 6.07) is 12.4. The predicted molar refractivity (Wildman–Crippen MR) is 81.7 cm³/mol. The van der Waals surface area contributed by atoms with Gasteiger partial charge in [-0.3, -0.25) is 0 Å². The van der Waals surface area contributed by atoms with Gasteiger partial charge in [-0.15, -0.1) is 0 Å². The number of aromatic hydroxyl groups is 1. The Morgan fingerprint density at radius 3 is 2.60 bits per heavy atom. The summed E-state index contributed by atoms with van der Waals surface area (Å²) in [4.78, 5) is 4.39. The van der Waals surface area contributed by atoms with E-state index in [1.807, 2.05) is 12.1 Å². The van der Waals surface area contributed by atoms with E-state index in [4.69, 9.17) is 16.0 Å². The molecular weight excluding hydrogens is 342 g/mol. The SMILES string of the molecule is Oc1ccc(Br)cc1-c1coc(-c2ccc(Cl)cc2)n1. The Bertz CT molecular complexity index is 753. The summed E-state index contributed by atoms with van der Waals surface area (Å²) >= 11 is 9.22. The van der Waals surface area contributed by atoms with E-state index in [1.54, 1.807) is 30.3 Å². The molecule has 0 aliphatic heterocycles. The van der Waals surface area contributed by atoms with Gasteiger partial charge in [0.25, 0.3) is 0 Å². The second-order valence-corrected chi connectivity index (χ2v) is 5.56. The monoisotopic (exact) mass is 349 g/mol. The van der Waals surface area contributed by atoms with Gasteiger partial charge in [0.15, 0.2) is 0 Å². The van der Waals surface area contributed by atoms with Crippen molar-refractivity contribution in [1.82, 2.24) is 4.98 Å². The summed E-state index contributed by atoms with van der Waals surface area (Å²) in [7, 11) is 0. The van der Waals surface area contributed by atoms with Gasteiger partial charge in [0, 0.05) is 20.6 Å². The molecule has 0 fully saturated rings. The molecule has 1 aromatic heterocycles. The summed E-state index contributed by atoms with van der Waals surface area (Å²) in [5, 5.41) is 10.5. The second-order valence-electron chi connectivity index (χ2n) is 4.21. The van der Waals surface area contributed by atoms with Crippen LogP contribution in [0.5, 0.6) is 5.75 Å². The quantitative estimate of drug-likeness (QED) is 0.697. The molecule has 0 aliphatic carbocycles. The maximum Gasteiger partial charge on any atom is 0.226 e. The molecule has 100 valence electrons. The molecule has 0 radical (unpaired) electrons. The van der Waals surface area contributed by atoms with Crippen LogP contribution in [0, 0.1) is 0 Å². The molecule has 0 amide bonds. The van der Waals surface area contributed by atoms with Gasteiger partial charge in [0.1, 0.15) is 17.7 Å². The minimum Gasteiger partial charge on any atom is -0.507 e. The average Bonchev–Trinajstić information content (AvgIpc) is 2.92. The number of benzene rings is 2. The van der Waals surface area contributed by atoms with Crippen LogP contribution in [0.1, 0.15) is 0 Å². The van der Waals surface area contributed by atoms with Gasteiger partial charge in [0.2, 0.25) is 5.89 Å². The Kier molecular flexibility index (Phi) is 3.51. The molecule has 3 nitrogen and oxygen atoms in total. The highest BCUT2D eigenvalue weighted by Crippen LogP contribution is 2.33. The molecule has 0 atom stereocenters. The Balaban J connectivity index is 2.01. The lowest BCUT2D eigenvalue weighted by Crippen LogP contribution is -1.81. The highest BCUT2D eigenvalue weighted by atomic mass is 79.9. The molecule has 0 bridgehead atoms. The van der Waals surface area contributed by atoms with Crippen molar-refractivity contribution >= 4 is 27.5 Å². The molecule has 2 aromatic carbocycles. The normalized spacial score (nSPS) is 10.7. The summed E-state index contributed by atoms with van der Waals surface area (Å²) in [6.07, 6.45) is 1.52. The summed E-state index contributed by atoms with van der Waals surface area (Å²) < 4.78 is 6.32. The third-order valence-corrected chi connectivity index (χ3v) is 3.58. The molecule has 0 aliphatic rings. The summed E-state index contributed by atoms with van der Waals surface area (Å²) in [5.74, 6) is 0.639. The first-order chi connectivity index (χ1) is 9.63. The van der Waals surface area contributed by atoms with E-state index in [1.165, 1.54) is 6.26 Å².